The highest BCUT2D eigenvalue weighted by Crippen LogP contribution is 2.69. The van der Waals surface area contributed by atoms with Crippen LogP contribution in [0.3, 0.4) is 0 Å². The van der Waals surface area contributed by atoms with Crippen LogP contribution in [0.5, 0.6) is 0 Å². The van der Waals surface area contributed by atoms with E-state index in [4.69, 9.17) is 9.47 Å². The molecule has 5 atom stereocenters. The van der Waals surface area contributed by atoms with Gasteiger partial charge in [-0.05, 0) is 50.4 Å². The normalized spacial score (nSPS) is 29.2. The Morgan fingerprint density at radius 1 is 1.23 bits per heavy atom. The summed E-state index contributed by atoms with van der Waals surface area (Å²) in [4.78, 5) is 51.6. The molecule has 0 aromatic carbocycles. The highest BCUT2D eigenvalue weighted by molar-refractivity contribution is 7.60. The lowest BCUT2D eigenvalue weighted by atomic mass is 9.85. The summed E-state index contributed by atoms with van der Waals surface area (Å²) in [5, 5.41) is 4.19. The number of rotatable bonds is 9. The number of alkyl carbamates (subject to hydrolysis) is 1. The first kappa shape index (κ1) is 27.7. The average molecular weight is 514 g/mol. The molecule has 3 amide bonds. The minimum absolute atomic E-state index is 0.134. The minimum Gasteiger partial charge on any atom is -0.446 e. The van der Waals surface area contributed by atoms with Gasteiger partial charge in [0.25, 0.3) is 7.37 Å². The van der Waals surface area contributed by atoms with Crippen molar-refractivity contribution in [2.24, 2.45) is 11.3 Å². The summed E-state index contributed by atoms with van der Waals surface area (Å²) in [7, 11) is -2.54. The first-order valence-electron chi connectivity index (χ1n) is 12.4. The summed E-state index contributed by atoms with van der Waals surface area (Å²) < 4.78 is 23.4. The molecule has 11 heteroatoms. The van der Waals surface area contributed by atoms with Crippen molar-refractivity contribution in [1.29, 1.82) is 0 Å². The van der Waals surface area contributed by atoms with Gasteiger partial charge in [-0.15, -0.1) is 6.58 Å². The molecular formula is C24H40N3O7P. The predicted octanol–water partition coefficient (Wildman–Crippen LogP) is 2.95. The van der Waals surface area contributed by atoms with Gasteiger partial charge < -0.3 is 29.9 Å². The maximum absolute atomic E-state index is 13.6. The Balaban J connectivity index is 1.73. The van der Waals surface area contributed by atoms with Gasteiger partial charge in [-0.1, -0.05) is 26.8 Å². The molecule has 0 bridgehead atoms. The van der Waals surface area contributed by atoms with Crippen LogP contribution >= 0.6 is 7.37 Å². The van der Waals surface area contributed by atoms with Crippen LogP contribution in [-0.4, -0.2) is 71.2 Å². The van der Waals surface area contributed by atoms with Crippen LogP contribution in [0, 0.1) is 11.3 Å². The highest BCUT2D eigenvalue weighted by Gasteiger charge is 2.65. The van der Waals surface area contributed by atoms with Gasteiger partial charge in [-0.25, -0.2) is 4.79 Å². The number of nitrogens with zero attached hydrogens (tertiary/aromatic N) is 1. The van der Waals surface area contributed by atoms with E-state index in [1.54, 1.807) is 6.08 Å². The summed E-state index contributed by atoms with van der Waals surface area (Å²) in [5.74, 6) is -1.20. The number of likely N-dealkylation sites (tertiary alicyclic amines) is 1. The van der Waals surface area contributed by atoms with Crippen LogP contribution < -0.4 is 10.6 Å². The van der Waals surface area contributed by atoms with E-state index in [1.807, 2.05) is 20.8 Å². The van der Waals surface area contributed by atoms with Crippen molar-refractivity contribution in [3.63, 3.8) is 0 Å². The third kappa shape index (κ3) is 5.92. The Labute approximate surface area is 207 Å². The van der Waals surface area contributed by atoms with Gasteiger partial charge in [0.2, 0.25) is 11.8 Å². The molecule has 0 aromatic rings. The molecule has 1 unspecified atom stereocenters. The summed E-state index contributed by atoms with van der Waals surface area (Å²) in [6.07, 6.45) is 5.42. The molecule has 0 aromatic heterocycles. The fraction of sp³-hybridized carbons (Fsp3) is 0.792. The fourth-order valence-electron chi connectivity index (χ4n) is 5.20. The van der Waals surface area contributed by atoms with Gasteiger partial charge in [-0.2, -0.15) is 0 Å². The topological polar surface area (TPSA) is 134 Å². The Hall–Kier alpha value is -1.90. The van der Waals surface area contributed by atoms with Gasteiger partial charge >= 0.3 is 6.09 Å². The summed E-state index contributed by atoms with van der Waals surface area (Å²) in [5.41, 5.74) is -0.625. The maximum Gasteiger partial charge on any atom is 0.408 e. The van der Waals surface area contributed by atoms with Gasteiger partial charge in [-0.3, -0.25) is 14.2 Å². The van der Waals surface area contributed by atoms with Crippen LogP contribution in [0.2, 0.25) is 0 Å². The van der Waals surface area contributed by atoms with E-state index in [2.05, 4.69) is 17.2 Å². The third-order valence-electron chi connectivity index (χ3n) is 7.33. The molecule has 1 saturated heterocycles. The van der Waals surface area contributed by atoms with Crippen molar-refractivity contribution in [1.82, 2.24) is 15.5 Å². The number of carbonyl (C=O) groups excluding carboxylic acids is 3. The lowest BCUT2D eigenvalue weighted by Gasteiger charge is -2.36. The predicted molar refractivity (Wildman–Crippen MR) is 131 cm³/mol. The summed E-state index contributed by atoms with van der Waals surface area (Å²) in [6, 6.07) is -1.69. The van der Waals surface area contributed by atoms with Crippen molar-refractivity contribution >= 4 is 25.3 Å². The second-order valence-corrected chi connectivity index (χ2v) is 13.5. The third-order valence-corrected chi connectivity index (χ3v) is 9.81. The number of hydrogen-bond acceptors (Lipinski definition) is 6. The second-order valence-electron chi connectivity index (χ2n) is 11.0. The van der Waals surface area contributed by atoms with Gasteiger partial charge in [0, 0.05) is 19.6 Å². The summed E-state index contributed by atoms with van der Waals surface area (Å²) in [6.45, 7) is 9.60. The number of hydrogen-bond donors (Lipinski definition) is 3. The van der Waals surface area contributed by atoms with E-state index < -0.39 is 42.1 Å². The van der Waals surface area contributed by atoms with Crippen molar-refractivity contribution in [2.45, 2.75) is 89.2 Å². The van der Waals surface area contributed by atoms with E-state index in [1.165, 1.54) is 12.0 Å². The van der Waals surface area contributed by atoms with Crippen molar-refractivity contribution in [2.75, 3.05) is 20.0 Å². The van der Waals surface area contributed by atoms with Crippen LogP contribution in [0.25, 0.3) is 0 Å². The van der Waals surface area contributed by atoms with Gasteiger partial charge in [0.1, 0.15) is 29.8 Å². The molecule has 198 valence electrons. The molecule has 3 N–H and O–H groups in total. The molecule has 2 saturated carbocycles. The Morgan fingerprint density at radius 3 is 2.43 bits per heavy atom. The van der Waals surface area contributed by atoms with Crippen LogP contribution in [0.1, 0.15) is 65.7 Å². The number of ether oxygens (including phenoxy) is 2. The standard InChI is InChI=1S/C24H40N3O7P/c1-6-16-14-24(16,35(31,32)15-33-5)26-20(28)18-12-9-13-27(18)21(29)19(23(2,3)4)25-22(30)34-17-10-7-8-11-17/h6,16-19H,1,7-15H2,2-5H3,(H,25,30)(H,26,28)(H,31,32)/t16-,18+,19-,24+/m1/s1. The number of carbonyl (C=O) groups is 3. The van der Waals surface area contributed by atoms with Crippen LogP contribution in [0.4, 0.5) is 4.79 Å². The largest absolute Gasteiger partial charge is 0.446 e. The van der Waals surface area contributed by atoms with Gasteiger partial charge in [0.05, 0.1) is 0 Å². The Morgan fingerprint density at radius 2 is 1.89 bits per heavy atom. The molecule has 3 aliphatic rings. The van der Waals surface area contributed by atoms with Crippen LogP contribution in [-0.2, 0) is 23.6 Å². The first-order chi connectivity index (χ1) is 16.4. The van der Waals surface area contributed by atoms with Gasteiger partial charge in [0.15, 0.2) is 0 Å². The molecule has 0 radical (unpaired) electrons. The van der Waals surface area contributed by atoms with Crippen molar-refractivity contribution < 1.29 is 33.3 Å². The molecule has 10 nitrogen and oxygen atoms in total. The lowest BCUT2D eigenvalue weighted by molar-refractivity contribution is -0.142. The Kier molecular flexibility index (Phi) is 8.39. The molecule has 2 aliphatic carbocycles. The zero-order valence-corrected chi connectivity index (χ0v) is 22.1. The Bertz CT molecular complexity index is 883. The summed E-state index contributed by atoms with van der Waals surface area (Å²) >= 11 is 0. The smallest absolute Gasteiger partial charge is 0.408 e. The zero-order valence-electron chi connectivity index (χ0n) is 21.2. The zero-order chi connectivity index (χ0) is 26.0. The number of amides is 3. The molecule has 3 fully saturated rings. The van der Waals surface area contributed by atoms with Crippen molar-refractivity contribution in [3.05, 3.63) is 12.7 Å². The minimum atomic E-state index is -3.88. The maximum atomic E-state index is 13.6. The highest BCUT2D eigenvalue weighted by atomic mass is 31.2. The van der Waals surface area contributed by atoms with E-state index in [9.17, 15) is 23.8 Å². The van der Waals surface area contributed by atoms with E-state index in [0.29, 0.717) is 25.8 Å². The molecule has 35 heavy (non-hydrogen) atoms. The van der Waals surface area contributed by atoms with E-state index in [-0.39, 0.29) is 24.3 Å². The second kappa shape index (κ2) is 10.6. The number of nitrogens with one attached hydrogen (secondary N) is 2. The number of methoxy groups -OCH3 is 1. The van der Waals surface area contributed by atoms with E-state index in [0.717, 1.165) is 25.7 Å². The first-order valence-corrected chi connectivity index (χ1v) is 14.2. The lowest BCUT2D eigenvalue weighted by Crippen LogP contribution is -2.58. The molecule has 0 spiro atoms. The molecular weight excluding hydrogens is 473 g/mol. The average Bonchev–Trinajstić information content (AvgIpc) is 3.11. The van der Waals surface area contributed by atoms with E-state index >= 15 is 0 Å². The molecule has 1 heterocycles. The molecule has 1 aliphatic heterocycles. The molecule has 3 rings (SSSR count). The SMILES string of the molecule is C=C[C@@H]1C[C@]1(NC(=O)[C@@H]1CCCN1C(=O)[C@@H](NC(=O)OC1CCCC1)C(C)(C)C)P(=O)(O)COC. The van der Waals surface area contributed by atoms with Crippen molar-refractivity contribution in [3.8, 4) is 0 Å². The quantitative estimate of drug-likeness (QED) is 0.319. The van der Waals surface area contributed by atoms with Crippen LogP contribution in [0.15, 0.2) is 12.7 Å². The monoisotopic (exact) mass is 513 g/mol. The fourth-order valence-corrected chi connectivity index (χ4v) is 7.17.